The van der Waals surface area contributed by atoms with E-state index in [0.717, 1.165) is 12.0 Å². The number of likely N-dealkylation sites (tertiary alicyclic amines) is 1. The highest BCUT2D eigenvalue weighted by Gasteiger charge is 2.46. The molecule has 7 nitrogen and oxygen atoms in total. The number of ether oxygens (including phenoxy) is 2. The third-order valence-electron chi connectivity index (χ3n) is 5.66. The Morgan fingerprint density at radius 3 is 2.52 bits per heavy atom. The van der Waals surface area contributed by atoms with Crippen LogP contribution in [0.1, 0.15) is 36.1 Å². The molecule has 2 aromatic carbocycles. The number of carbonyl (C=O) groups excluding carboxylic acids is 2. The molecule has 33 heavy (non-hydrogen) atoms. The first-order valence-corrected chi connectivity index (χ1v) is 11.1. The lowest BCUT2D eigenvalue weighted by Crippen LogP contribution is -2.35. The molecular formula is C26H32N2O5. The number of likely N-dealkylation sites (N-methyl/N-ethyl adjacent to an activating group) is 1. The van der Waals surface area contributed by atoms with Gasteiger partial charge in [-0.1, -0.05) is 19.1 Å². The van der Waals surface area contributed by atoms with Crippen molar-refractivity contribution in [2.75, 3.05) is 40.9 Å². The number of hydrogen-bond acceptors (Lipinski definition) is 6. The van der Waals surface area contributed by atoms with Crippen LogP contribution in [0.2, 0.25) is 0 Å². The van der Waals surface area contributed by atoms with Gasteiger partial charge in [-0.2, -0.15) is 0 Å². The molecule has 0 aromatic heterocycles. The average molecular weight is 453 g/mol. The van der Waals surface area contributed by atoms with E-state index in [-0.39, 0.29) is 11.3 Å². The predicted octanol–water partition coefficient (Wildman–Crippen LogP) is 3.78. The van der Waals surface area contributed by atoms with Crippen LogP contribution in [-0.2, 0) is 9.59 Å². The molecule has 3 rings (SSSR count). The zero-order chi connectivity index (χ0) is 24.1. The Balaban J connectivity index is 2.15. The molecule has 1 aliphatic heterocycles. The van der Waals surface area contributed by atoms with Crippen LogP contribution >= 0.6 is 0 Å². The number of benzene rings is 2. The number of amides is 1. The topological polar surface area (TPSA) is 79.3 Å². The van der Waals surface area contributed by atoms with Crippen LogP contribution in [0.3, 0.4) is 0 Å². The van der Waals surface area contributed by atoms with Crippen molar-refractivity contribution in [2.24, 2.45) is 0 Å². The van der Waals surface area contributed by atoms with Gasteiger partial charge >= 0.3 is 0 Å². The number of aliphatic hydroxyl groups excluding tert-OH is 1. The van der Waals surface area contributed by atoms with Gasteiger partial charge < -0.3 is 24.4 Å². The summed E-state index contributed by atoms with van der Waals surface area (Å²) in [5.41, 5.74) is 2.03. The molecule has 2 aromatic rings. The van der Waals surface area contributed by atoms with Gasteiger partial charge in [-0.3, -0.25) is 9.59 Å². The summed E-state index contributed by atoms with van der Waals surface area (Å²) in [7, 11) is 5.38. The van der Waals surface area contributed by atoms with Gasteiger partial charge in [0.25, 0.3) is 11.7 Å². The van der Waals surface area contributed by atoms with Crippen LogP contribution < -0.4 is 9.47 Å². The summed E-state index contributed by atoms with van der Waals surface area (Å²) in [6, 6.07) is 11.9. The molecule has 1 atom stereocenters. The molecule has 7 heteroatoms. The highest BCUT2D eigenvalue weighted by molar-refractivity contribution is 6.46. The summed E-state index contributed by atoms with van der Waals surface area (Å²) in [5.74, 6) is -0.187. The number of Topliss-reactive ketones (excluding diaryl/α,β-unsaturated/α-hetero) is 1. The maximum Gasteiger partial charge on any atom is 0.295 e. The Hall–Kier alpha value is -3.32. The van der Waals surface area contributed by atoms with E-state index in [1.807, 2.05) is 57.1 Å². The van der Waals surface area contributed by atoms with E-state index in [9.17, 15) is 14.7 Å². The summed E-state index contributed by atoms with van der Waals surface area (Å²) in [5, 5.41) is 11.3. The summed E-state index contributed by atoms with van der Waals surface area (Å²) in [4.78, 5) is 29.7. The van der Waals surface area contributed by atoms with Gasteiger partial charge in [0.05, 0.1) is 25.3 Å². The zero-order valence-corrected chi connectivity index (χ0v) is 19.9. The Kier molecular flexibility index (Phi) is 7.76. The number of hydrogen-bond donors (Lipinski definition) is 1. The Bertz CT molecular complexity index is 1060. The standard InChI is InChI=1S/C26H32N2O5/c1-6-14-33-20-9-7-8-18(16-20)23-22(25(30)26(31)28(23)13-12-27(3)4)24(29)21-11-10-19(32-5)15-17(21)2/h7-11,15-16,23,29H,6,12-14H2,1-5H3/b24-22+. The molecule has 0 bridgehead atoms. The van der Waals surface area contributed by atoms with Crippen LogP contribution in [0.25, 0.3) is 5.76 Å². The molecule has 0 spiro atoms. The van der Waals surface area contributed by atoms with Gasteiger partial charge in [-0.05, 0) is 68.9 Å². The van der Waals surface area contributed by atoms with Crippen molar-refractivity contribution >= 4 is 17.4 Å². The quantitative estimate of drug-likeness (QED) is 0.354. The van der Waals surface area contributed by atoms with Crippen LogP contribution in [0.15, 0.2) is 48.0 Å². The van der Waals surface area contributed by atoms with Crippen LogP contribution in [0.5, 0.6) is 11.5 Å². The molecule has 1 N–H and O–H groups in total. The second kappa shape index (κ2) is 10.5. The Labute approximate surface area is 195 Å². The number of methoxy groups -OCH3 is 1. The van der Waals surface area contributed by atoms with Crippen molar-refractivity contribution in [3.8, 4) is 11.5 Å². The lowest BCUT2D eigenvalue weighted by Gasteiger charge is -2.27. The molecule has 0 aliphatic carbocycles. The molecular weight excluding hydrogens is 420 g/mol. The van der Waals surface area contributed by atoms with E-state index in [0.29, 0.717) is 42.3 Å². The van der Waals surface area contributed by atoms with Crippen molar-refractivity contribution in [1.82, 2.24) is 9.80 Å². The highest BCUT2D eigenvalue weighted by atomic mass is 16.5. The van der Waals surface area contributed by atoms with Crippen molar-refractivity contribution < 1.29 is 24.2 Å². The minimum atomic E-state index is -0.711. The van der Waals surface area contributed by atoms with E-state index < -0.39 is 17.7 Å². The number of rotatable bonds is 9. The van der Waals surface area contributed by atoms with Gasteiger partial charge in [-0.15, -0.1) is 0 Å². The first-order chi connectivity index (χ1) is 15.8. The Morgan fingerprint density at radius 2 is 1.88 bits per heavy atom. The summed E-state index contributed by atoms with van der Waals surface area (Å²) in [6.45, 7) is 5.35. The van der Waals surface area contributed by atoms with E-state index >= 15 is 0 Å². The number of nitrogens with zero attached hydrogens (tertiary/aromatic N) is 2. The zero-order valence-electron chi connectivity index (χ0n) is 19.9. The summed E-state index contributed by atoms with van der Waals surface area (Å²) >= 11 is 0. The third kappa shape index (κ3) is 5.20. The minimum absolute atomic E-state index is 0.0830. The lowest BCUT2D eigenvalue weighted by molar-refractivity contribution is -0.140. The molecule has 0 radical (unpaired) electrons. The van der Waals surface area contributed by atoms with E-state index in [2.05, 4.69) is 0 Å². The second-order valence-electron chi connectivity index (χ2n) is 8.40. The van der Waals surface area contributed by atoms with Gasteiger partial charge in [0, 0.05) is 18.7 Å². The van der Waals surface area contributed by atoms with Crippen LogP contribution in [0, 0.1) is 6.92 Å². The molecule has 0 saturated carbocycles. The number of aliphatic hydroxyl groups is 1. The highest BCUT2D eigenvalue weighted by Crippen LogP contribution is 2.40. The maximum absolute atomic E-state index is 13.2. The normalized spacial score (nSPS) is 17.6. The molecule has 1 saturated heterocycles. The van der Waals surface area contributed by atoms with E-state index in [1.54, 1.807) is 25.3 Å². The molecule has 1 amide bonds. The van der Waals surface area contributed by atoms with Crippen molar-refractivity contribution in [1.29, 1.82) is 0 Å². The fourth-order valence-electron chi connectivity index (χ4n) is 3.93. The molecule has 176 valence electrons. The van der Waals surface area contributed by atoms with E-state index in [4.69, 9.17) is 9.47 Å². The van der Waals surface area contributed by atoms with Crippen LogP contribution in [-0.4, -0.2) is 67.5 Å². The lowest BCUT2D eigenvalue weighted by atomic mass is 9.93. The van der Waals surface area contributed by atoms with Gasteiger partial charge in [-0.25, -0.2) is 0 Å². The molecule has 1 aliphatic rings. The average Bonchev–Trinajstić information content (AvgIpc) is 3.05. The first kappa shape index (κ1) is 24.3. The number of aryl methyl sites for hydroxylation is 1. The monoisotopic (exact) mass is 452 g/mol. The number of ketones is 1. The third-order valence-corrected chi connectivity index (χ3v) is 5.66. The molecule has 1 fully saturated rings. The SMILES string of the molecule is CCCOc1cccc(C2/C(=C(\O)c3ccc(OC)cc3C)C(=O)C(=O)N2CCN(C)C)c1. The first-order valence-electron chi connectivity index (χ1n) is 11.1. The summed E-state index contributed by atoms with van der Waals surface area (Å²) in [6.07, 6.45) is 0.863. The number of carbonyl (C=O) groups is 2. The van der Waals surface area contributed by atoms with E-state index in [1.165, 1.54) is 4.90 Å². The van der Waals surface area contributed by atoms with Crippen LogP contribution in [0.4, 0.5) is 0 Å². The molecule has 1 unspecified atom stereocenters. The van der Waals surface area contributed by atoms with Crippen molar-refractivity contribution in [2.45, 2.75) is 26.3 Å². The minimum Gasteiger partial charge on any atom is -0.507 e. The van der Waals surface area contributed by atoms with Crippen molar-refractivity contribution in [3.63, 3.8) is 0 Å². The van der Waals surface area contributed by atoms with Gasteiger partial charge in [0.1, 0.15) is 17.3 Å². The fourth-order valence-corrected chi connectivity index (χ4v) is 3.93. The smallest absolute Gasteiger partial charge is 0.295 e. The van der Waals surface area contributed by atoms with Gasteiger partial charge in [0.2, 0.25) is 0 Å². The molecule has 1 heterocycles. The predicted molar refractivity (Wildman–Crippen MR) is 128 cm³/mol. The van der Waals surface area contributed by atoms with Gasteiger partial charge in [0.15, 0.2) is 0 Å². The summed E-state index contributed by atoms with van der Waals surface area (Å²) < 4.78 is 11.0. The largest absolute Gasteiger partial charge is 0.507 e. The maximum atomic E-state index is 13.2. The van der Waals surface area contributed by atoms with Crippen molar-refractivity contribution in [3.05, 3.63) is 64.7 Å². The second-order valence-corrected chi connectivity index (χ2v) is 8.40. The fraction of sp³-hybridized carbons (Fsp3) is 0.385. The Morgan fingerprint density at radius 1 is 1.12 bits per heavy atom.